The highest BCUT2D eigenvalue weighted by Gasteiger charge is 2.26. The minimum absolute atomic E-state index is 0.00295. The lowest BCUT2D eigenvalue weighted by atomic mass is 10.2. The summed E-state index contributed by atoms with van der Waals surface area (Å²) < 4.78 is 29.2. The van der Waals surface area contributed by atoms with E-state index in [4.69, 9.17) is 4.74 Å². The Morgan fingerprint density at radius 1 is 1.33 bits per heavy atom. The first-order valence-electron chi connectivity index (χ1n) is 8.30. The molecule has 0 spiro atoms. The van der Waals surface area contributed by atoms with Gasteiger partial charge in [0.2, 0.25) is 0 Å². The second-order valence-corrected chi connectivity index (χ2v) is 9.21. The number of thiazole rings is 1. The van der Waals surface area contributed by atoms with E-state index in [1.54, 1.807) is 17.0 Å². The number of methoxy groups -OCH3 is 1. The summed E-state index contributed by atoms with van der Waals surface area (Å²) in [5.74, 6) is -0.620. The van der Waals surface area contributed by atoms with E-state index in [1.807, 2.05) is 0 Å². The van der Waals surface area contributed by atoms with Gasteiger partial charge in [0.1, 0.15) is 0 Å². The zero-order valence-corrected chi connectivity index (χ0v) is 16.5. The molecule has 0 radical (unpaired) electrons. The molecule has 2 aromatic rings. The standard InChI is InChI=1S/C17H19N3O5S2/c1-3-27(23,24)14-7-5-4-6-11(14)15(21)19-16-18-12-8-9-20(17(22)25-2)10-13(12)26-16/h4-7H,3,8-10H2,1-2H3,(H,18,19,21). The summed E-state index contributed by atoms with van der Waals surface area (Å²) in [5, 5.41) is 3.05. The minimum atomic E-state index is -3.52. The Hall–Kier alpha value is -2.46. The third-order valence-electron chi connectivity index (χ3n) is 4.23. The number of hydrogen-bond donors (Lipinski definition) is 1. The van der Waals surface area contributed by atoms with Crippen molar-refractivity contribution in [1.82, 2.24) is 9.88 Å². The number of ether oxygens (including phenoxy) is 1. The Bertz CT molecular complexity index is 984. The van der Waals surface area contributed by atoms with Crippen LogP contribution in [-0.2, 0) is 27.5 Å². The van der Waals surface area contributed by atoms with Gasteiger partial charge in [-0.2, -0.15) is 0 Å². The molecule has 0 saturated heterocycles. The Labute approximate surface area is 161 Å². The third kappa shape index (κ3) is 3.96. The average molecular weight is 409 g/mol. The lowest BCUT2D eigenvalue weighted by Gasteiger charge is -2.24. The maximum Gasteiger partial charge on any atom is 0.409 e. The van der Waals surface area contributed by atoms with Gasteiger partial charge in [0, 0.05) is 17.8 Å². The van der Waals surface area contributed by atoms with Crippen molar-refractivity contribution in [2.24, 2.45) is 0 Å². The van der Waals surface area contributed by atoms with Gasteiger partial charge in [0.15, 0.2) is 15.0 Å². The van der Waals surface area contributed by atoms with Gasteiger partial charge in [-0.3, -0.25) is 10.1 Å². The molecule has 0 bridgehead atoms. The molecule has 0 saturated carbocycles. The summed E-state index contributed by atoms with van der Waals surface area (Å²) in [6, 6.07) is 6.10. The molecule has 0 atom stereocenters. The predicted octanol–water partition coefficient (Wildman–Crippen LogP) is 2.31. The third-order valence-corrected chi connectivity index (χ3v) is 7.02. The molecule has 1 aliphatic rings. The number of nitrogens with zero attached hydrogens (tertiary/aromatic N) is 2. The van der Waals surface area contributed by atoms with E-state index >= 15 is 0 Å². The Morgan fingerprint density at radius 2 is 2.07 bits per heavy atom. The van der Waals surface area contributed by atoms with Crippen LogP contribution in [0.1, 0.15) is 27.9 Å². The molecule has 1 aliphatic heterocycles. The topological polar surface area (TPSA) is 106 Å². The summed E-state index contributed by atoms with van der Waals surface area (Å²) in [6.45, 7) is 2.40. The number of carbonyl (C=O) groups is 2. The summed E-state index contributed by atoms with van der Waals surface area (Å²) in [5.41, 5.74) is 0.911. The molecule has 0 unspecified atom stereocenters. The predicted molar refractivity (Wildman–Crippen MR) is 101 cm³/mol. The van der Waals surface area contributed by atoms with Gasteiger partial charge in [-0.05, 0) is 12.1 Å². The quantitative estimate of drug-likeness (QED) is 0.831. The summed E-state index contributed by atoms with van der Waals surface area (Å²) in [6.07, 6.45) is 0.163. The Morgan fingerprint density at radius 3 is 2.78 bits per heavy atom. The molecule has 8 nitrogen and oxygen atoms in total. The number of nitrogens with one attached hydrogen (secondary N) is 1. The van der Waals surface area contributed by atoms with Gasteiger partial charge >= 0.3 is 6.09 Å². The molecule has 2 heterocycles. The number of fused-ring (bicyclic) bond motifs is 1. The number of rotatable bonds is 4. The van der Waals surface area contributed by atoms with Gasteiger partial charge in [-0.15, -0.1) is 0 Å². The van der Waals surface area contributed by atoms with Gasteiger partial charge < -0.3 is 9.64 Å². The number of hydrogen-bond acceptors (Lipinski definition) is 7. The van der Waals surface area contributed by atoms with Crippen molar-refractivity contribution >= 4 is 38.3 Å². The van der Waals surface area contributed by atoms with E-state index in [-0.39, 0.29) is 16.2 Å². The van der Waals surface area contributed by atoms with Gasteiger partial charge in [0.25, 0.3) is 5.91 Å². The monoisotopic (exact) mass is 409 g/mol. The SMILES string of the molecule is CCS(=O)(=O)c1ccccc1C(=O)Nc1nc2c(s1)CN(C(=O)OC)CC2. The smallest absolute Gasteiger partial charge is 0.409 e. The van der Waals surface area contributed by atoms with Gasteiger partial charge in [-0.1, -0.05) is 30.4 Å². The lowest BCUT2D eigenvalue weighted by molar-refractivity contribution is 0.102. The molecule has 0 aliphatic carbocycles. The molecule has 3 rings (SSSR count). The van der Waals surface area contributed by atoms with E-state index in [1.165, 1.54) is 37.5 Å². The second kappa shape index (κ2) is 7.65. The number of amides is 2. The molecule has 0 fully saturated rings. The van der Waals surface area contributed by atoms with Crippen molar-refractivity contribution in [1.29, 1.82) is 0 Å². The van der Waals surface area contributed by atoms with Crippen LogP contribution in [0.3, 0.4) is 0 Å². The number of carbonyl (C=O) groups excluding carboxylic acids is 2. The van der Waals surface area contributed by atoms with Crippen molar-refractivity contribution in [3.8, 4) is 0 Å². The van der Waals surface area contributed by atoms with Crippen molar-refractivity contribution in [3.63, 3.8) is 0 Å². The van der Waals surface area contributed by atoms with E-state index in [9.17, 15) is 18.0 Å². The minimum Gasteiger partial charge on any atom is -0.453 e. The molecule has 1 N–H and O–H groups in total. The zero-order chi connectivity index (χ0) is 19.6. The van der Waals surface area contributed by atoms with Crippen molar-refractivity contribution in [2.75, 3.05) is 24.7 Å². The number of sulfone groups is 1. The van der Waals surface area contributed by atoms with Crippen molar-refractivity contribution < 1.29 is 22.7 Å². The highest BCUT2D eigenvalue weighted by atomic mass is 32.2. The normalized spacial score (nSPS) is 13.8. The van der Waals surface area contributed by atoms with Crippen LogP contribution in [0, 0.1) is 0 Å². The fraction of sp³-hybridized carbons (Fsp3) is 0.353. The molecule has 27 heavy (non-hydrogen) atoms. The Kier molecular flexibility index (Phi) is 5.47. The molecule has 144 valence electrons. The van der Waals surface area contributed by atoms with Crippen LogP contribution >= 0.6 is 11.3 Å². The van der Waals surface area contributed by atoms with Crippen molar-refractivity contribution in [2.45, 2.75) is 24.8 Å². The molecule has 2 amide bonds. The number of anilines is 1. The average Bonchev–Trinajstić information content (AvgIpc) is 3.08. The first kappa shape index (κ1) is 19.3. The van der Waals surface area contributed by atoms with Crippen LogP contribution in [0.15, 0.2) is 29.2 Å². The second-order valence-electron chi connectivity index (χ2n) is 5.88. The fourth-order valence-electron chi connectivity index (χ4n) is 2.78. The number of aromatic nitrogens is 1. The molecular weight excluding hydrogens is 390 g/mol. The molecule has 1 aromatic carbocycles. The molecular formula is C17H19N3O5S2. The number of benzene rings is 1. The van der Waals surface area contributed by atoms with E-state index in [0.717, 1.165) is 10.6 Å². The highest BCUT2D eigenvalue weighted by molar-refractivity contribution is 7.91. The Balaban J connectivity index is 1.81. The molecule has 1 aromatic heterocycles. The van der Waals surface area contributed by atoms with Crippen LogP contribution in [0.2, 0.25) is 0 Å². The van der Waals surface area contributed by atoms with Gasteiger partial charge in [0.05, 0.1) is 35.6 Å². The zero-order valence-electron chi connectivity index (χ0n) is 14.9. The van der Waals surface area contributed by atoms with E-state index < -0.39 is 21.8 Å². The van der Waals surface area contributed by atoms with Crippen LogP contribution in [0.25, 0.3) is 0 Å². The molecule has 10 heteroatoms. The van der Waals surface area contributed by atoms with Crippen molar-refractivity contribution in [3.05, 3.63) is 40.4 Å². The van der Waals surface area contributed by atoms with Gasteiger partial charge in [-0.25, -0.2) is 18.2 Å². The summed E-state index contributed by atoms with van der Waals surface area (Å²) in [4.78, 5) is 31.1. The summed E-state index contributed by atoms with van der Waals surface area (Å²) >= 11 is 1.27. The van der Waals surface area contributed by atoms with Crippen LogP contribution < -0.4 is 5.32 Å². The summed E-state index contributed by atoms with van der Waals surface area (Å²) in [7, 11) is -2.19. The largest absolute Gasteiger partial charge is 0.453 e. The maximum absolute atomic E-state index is 12.6. The van der Waals surface area contributed by atoms with Crippen LogP contribution in [-0.4, -0.2) is 49.7 Å². The first-order valence-corrected chi connectivity index (χ1v) is 10.8. The van der Waals surface area contributed by atoms with Crippen LogP contribution in [0.4, 0.5) is 9.93 Å². The van der Waals surface area contributed by atoms with E-state index in [2.05, 4.69) is 10.3 Å². The maximum atomic E-state index is 12.6. The first-order chi connectivity index (χ1) is 12.9. The fourth-order valence-corrected chi connectivity index (χ4v) is 4.89. The highest BCUT2D eigenvalue weighted by Crippen LogP contribution is 2.29. The lowest BCUT2D eigenvalue weighted by Crippen LogP contribution is -2.35. The van der Waals surface area contributed by atoms with Crippen LogP contribution in [0.5, 0.6) is 0 Å². The van der Waals surface area contributed by atoms with E-state index in [0.29, 0.717) is 24.6 Å².